The van der Waals surface area contributed by atoms with Crippen LogP contribution in [0.5, 0.6) is 0 Å². The van der Waals surface area contributed by atoms with E-state index in [1.165, 1.54) is 0 Å². The molecule has 0 aliphatic carbocycles. The van der Waals surface area contributed by atoms with Crippen LogP contribution in [-0.2, 0) is 14.1 Å². The van der Waals surface area contributed by atoms with Gasteiger partial charge in [-0.25, -0.2) is 9.97 Å². The Hall–Kier alpha value is -4.37. The van der Waals surface area contributed by atoms with Gasteiger partial charge in [0.2, 0.25) is 5.95 Å². The van der Waals surface area contributed by atoms with Crippen LogP contribution in [0.4, 0.5) is 23.0 Å². The van der Waals surface area contributed by atoms with Gasteiger partial charge in [0.1, 0.15) is 0 Å². The van der Waals surface area contributed by atoms with Gasteiger partial charge in [0.15, 0.2) is 0 Å². The first-order chi connectivity index (χ1) is 18.2. The lowest BCUT2D eigenvalue weighted by molar-refractivity contribution is 0.416. The highest BCUT2D eigenvalue weighted by molar-refractivity contribution is 5.97. The van der Waals surface area contributed by atoms with E-state index >= 15 is 0 Å². The smallest absolute Gasteiger partial charge is 0.227 e. The van der Waals surface area contributed by atoms with Crippen LogP contribution >= 0.6 is 0 Å². The van der Waals surface area contributed by atoms with E-state index in [1.54, 1.807) is 6.20 Å². The average molecular weight is 510 g/mol. The molecule has 3 N–H and O–H groups in total. The molecule has 5 aromatic rings. The van der Waals surface area contributed by atoms with Gasteiger partial charge in [0.05, 0.1) is 23.3 Å². The van der Waals surface area contributed by atoms with Crippen LogP contribution in [0.15, 0.2) is 61.2 Å². The third-order valence-corrected chi connectivity index (χ3v) is 6.87. The number of hydrogen-bond donors (Lipinski definition) is 2. The number of fused-ring (bicyclic) bond motifs is 1. The molecule has 0 saturated carbocycles. The summed E-state index contributed by atoms with van der Waals surface area (Å²) in [6, 6.07) is 12.5. The third-order valence-electron chi connectivity index (χ3n) is 6.87. The summed E-state index contributed by atoms with van der Waals surface area (Å²) in [6.07, 6.45) is 7.81. The van der Waals surface area contributed by atoms with Gasteiger partial charge < -0.3 is 25.4 Å². The lowest BCUT2D eigenvalue weighted by atomic mass is 10.0. The molecule has 5 rings (SSSR count). The first kappa shape index (κ1) is 25.3. The zero-order valence-corrected chi connectivity index (χ0v) is 22.9. The van der Waals surface area contributed by atoms with Gasteiger partial charge in [-0.05, 0) is 56.4 Å². The molecule has 9 nitrogen and oxygen atoms in total. The fourth-order valence-electron chi connectivity index (χ4n) is 4.67. The average Bonchev–Trinajstić information content (AvgIpc) is 3.47. The number of hydrogen-bond acceptors (Lipinski definition) is 7. The van der Waals surface area contributed by atoms with E-state index in [1.807, 2.05) is 36.3 Å². The Labute approximate surface area is 223 Å². The van der Waals surface area contributed by atoms with Crippen molar-refractivity contribution in [3.8, 4) is 22.4 Å². The van der Waals surface area contributed by atoms with Gasteiger partial charge in [0, 0.05) is 80.5 Å². The molecular formula is C29H35N9. The number of rotatable bonds is 8. The van der Waals surface area contributed by atoms with Gasteiger partial charge in [-0.3, -0.25) is 4.68 Å². The van der Waals surface area contributed by atoms with Crippen molar-refractivity contribution >= 4 is 33.9 Å². The summed E-state index contributed by atoms with van der Waals surface area (Å²) in [6.45, 7) is 3.91. The Bertz CT molecular complexity index is 1600. The molecular weight excluding hydrogens is 474 g/mol. The maximum Gasteiger partial charge on any atom is 0.227 e. The van der Waals surface area contributed by atoms with Crippen LogP contribution in [0.25, 0.3) is 33.3 Å². The number of aromatic nitrogens is 5. The zero-order valence-electron chi connectivity index (χ0n) is 22.9. The van der Waals surface area contributed by atoms with E-state index in [4.69, 9.17) is 10.7 Å². The maximum absolute atomic E-state index is 6.45. The topological polar surface area (TPSA) is 93.1 Å². The number of nitrogens with one attached hydrogen (secondary N) is 1. The second kappa shape index (κ2) is 10.2. The van der Waals surface area contributed by atoms with Gasteiger partial charge in [-0.15, -0.1) is 0 Å². The van der Waals surface area contributed by atoms with Crippen molar-refractivity contribution < 1.29 is 0 Å². The minimum absolute atomic E-state index is 0.530. The molecule has 0 aliphatic rings. The van der Waals surface area contributed by atoms with Crippen molar-refractivity contribution in [3.05, 3.63) is 66.7 Å². The molecule has 3 aromatic heterocycles. The van der Waals surface area contributed by atoms with E-state index in [-0.39, 0.29) is 0 Å². The van der Waals surface area contributed by atoms with E-state index in [0.717, 1.165) is 63.3 Å². The molecule has 0 radical (unpaired) electrons. The highest BCUT2D eigenvalue weighted by Gasteiger charge is 2.14. The minimum atomic E-state index is 0.530. The summed E-state index contributed by atoms with van der Waals surface area (Å²) in [5, 5.41) is 8.82. The second-order valence-electron chi connectivity index (χ2n) is 10.1. The molecule has 0 bridgehead atoms. The monoisotopic (exact) mass is 509 g/mol. The van der Waals surface area contributed by atoms with Crippen molar-refractivity contribution in [2.75, 3.05) is 50.2 Å². The summed E-state index contributed by atoms with van der Waals surface area (Å²) >= 11 is 0. The van der Waals surface area contributed by atoms with Gasteiger partial charge in [0.25, 0.3) is 0 Å². The van der Waals surface area contributed by atoms with E-state index < -0.39 is 0 Å². The van der Waals surface area contributed by atoms with E-state index in [0.29, 0.717) is 11.6 Å². The number of aryl methyl sites for hydroxylation is 3. The summed E-state index contributed by atoms with van der Waals surface area (Å²) in [4.78, 5) is 13.7. The van der Waals surface area contributed by atoms with Crippen molar-refractivity contribution in [1.82, 2.24) is 29.2 Å². The molecule has 0 saturated heterocycles. The van der Waals surface area contributed by atoms with E-state index in [9.17, 15) is 0 Å². The fraction of sp³-hybridized carbons (Fsp3) is 0.276. The Morgan fingerprint density at radius 2 is 1.79 bits per heavy atom. The van der Waals surface area contributed by atoms with E-state index in [2.05, 4.69) is 95.3 Å². The molecule has 2 aromatic carbocycles. The number of nitrogen functional groups attached to an aromatic ring is 1. The van der Waals surface area contributed by atoms with Crippen molar-refractivity contribution in [2.45, 2.75) is 6.92 Å². The largest absolute Gasteiger partial charge is 0.397 e. The standard InChI is InChI=1S/C29H35N9/c1-19-13-28(36(4)12-11-35(2)3)24(30)15-26(19)34-29-31-10-9-25(33-29)23-18-37(5)27-14-20(7-8-22(23)27)21-16-32-38(6)17-21/h7-10,13-18H,11-12,30H2,1-6H3,(H,31,33,34). The quantitative estimate of drug-likeness (QED) is 0.294. The van der Waals surface area contributed by atoms with Crippen LogP contribution in [0.1, 0.15) is 5.56 Å². The number of benzene rings is 2. The third kappa shape index (κ3) is 5.05. The highest BCUT2D eigenvalue weighted by atomic mass is 15.2. The Balaban J connectivity index is 1.42. The van der Waals surface area contributed by atoms with Crippen molar-refractivity contribution in [2.24, 2.45) is 14.1 Å². The molecule has 0 unspecified atom stereocenters. The number of likely N-dealkylation sites (N-methyl/N-ethyl adjacent to an activating group) is 2. The molecule has 38 heavy (non-hydrogen) atoms. The lowest BCUT2D eigenvalue weighted by Crippen LogP contribution is -2.29. The Kier molecular flexibility index (Phi) is 6.77. The SMILES string of the molecule is Cc1cc(N(C)CCN(C)C)c(N)cc1Nc1nccc(-c2cn(C)c3cc(-c4cnn(C)c4)ccc23)n1. The zero-order chi connectivity index (χ0) is 27.0. The molecule has 0 fully saturated rings. The minimum Gasteiger partial charge on any atom is -0.397 e. The first-order valence-electron chi connectivity index (χ1n) is 12.6. The molecule has 0 aliphatic heterocycles. The summed E-state index contributed by atoms with van der Waals surface area (Å²) < 4.78 is 3.95. The second-order valence-corrected chi connectivity index (χ2v) is 10.1. The molecule has 0 spiro atoms. The van der Waals surface area contributed by atoms with Gasteiger partial charge >= 0.3 is 0 Å². The number of nitrogens with two attached hydrogens (primary N) is 1. The van der Waals surface area contributed by atoms with Crippen LogP contribution < -0.4 is 16.0 Å². The van der Waals surface area contributed by atoms with Gasteiger partial charge in [-0.1, -0.05) is 12.1 Å². The number of nitrogens with zero attached hydrogens (tertiary/aromatic N) is 7. The first-order valence-corrected chi connectivity index (χ1v) is 12.6. The Morgan fingerprint density at radius 3 is 2.53 bits per heavy atom. The summed E-state index contributed by atoms with van der Waals surface area (Å²) in [5.74, 6) is 0.530. The van der Waals surface area contributed by atoms with Crippen LogP contribution in [0.3, 0.4) is 0 Å². The predicted octanol–water partition coefficient (Wildman–Crippen LogP) is 4.67. The summed E-state index contributed by atoms with van der Waals surface area (Å²) in [5.41, 5.74) is 15.4. The summed E-state index contributed by atoms with van der Waals surface area (Å²) in [7, 11) is 10.2. The molecule has 9 heteroatoms. The molecule has 196 valence electrons. The van der Waals surface area contributed by atoms with Crippen LogP contribution in [-0.4, -0.2) is 63.4 Å². The molecule has 3 heterocycles. The predicted molar refractivity (Wildman–Crippen MR) is 157 cm³/mol. The highest BCUT2D eigenvalue weighted by Crippen LogP contribution is 2.34. The fourth-order valence-corrected chi connectivity index (χ4v) is 4.67. The number of anilines is 4. The van der Waals surface area contributed by atoms with Crippen LogP contribution in [0.2, 0.25) is 0 Å². The van der Waals surface area contributed by atoms with Crippen molar-refractivity contribution in [3.63, 3.8) is 0 Å². The van der Waals surface area contributed by atoms with Crippen molar-refractivity contribution in [1.29, 1.82) is 0 Å². The Morgan fingerprint density at radius 1 is 0.974 bits per heavy atom. The molecule has 0 atom stereocenters. The lowest BCUT2D eigenvalue weighted by Gasteiger charge is -2.24. The van der Waals surface area contributed by atoms with Crippen LogP contribution in [0, 0.1) is 6.92 Å². The molecule has 0 amide bonds. The normalized spacial score (nSPS) is 11.4. The van der Waals surface area contributed by atoms with Gasteiger partial charge in [-0.2, -0.15) is 5.10 Å². The maximum atomic E-state index is 6.45.